The molecule has 0 fully saturated rings. The van der Waals surface area contributed by atoms with Crippen molar-refractivity contribution in [3.63, 3.8) is 0 Å². The van der Waals surface area contributed by atoms with E-state index < -0.39 is 0 Å². The second-order valence-electron chi connectivity index (χ2n) is 4.35. The molecule has 0 aliphatic carbocycles. The summed E-state index contributed by atoms with van der Waals surface area (Å²) in [5.74, 6) is 0. The van der Waals surface area contributed by atoms with Crippen LogP contribution >= 0.6 is 23.4 Å². The largest absolute Gasteiger partial charge is 0.326 e. The van der Waals surface area contributed by atoms with Gasteiger partial charge in [-0.15, -0.1) is 11.8 Å². The van der Waals surface area contributed by atoms with Gasteiger partial charge in [-0.1, -0.05) is 18.5 Å². The summed E-state index contributed by atoms with van der Waals surface area (Å²) in [4.78, 5) is 5.24. The Hall–Kier alpha value is -1.03. The van der Waals surface area contributed by atoms with E-state index in [0.29, 0.717) is 0 Å². The third-order valence-electron chi connectivity index (χ3n) is 2.97. The van der Waals surface area contributed by atoms with Crippen LogP contribution in [0.2, 0.25) is 5.02 Å². The first-order valence-electron chi connectivity index (χ1n) is 6.28. The number of aromatic nitrogens is 1. The van der Waals surface area contributed by atoms with Crippen LogP contribution in [0.4, 0.5) is 0 Å². The van der Waals surface area contributed by atoms with E-state index in [2.05, 4.69) is 11.9 Å². The Morgan fingerprint density at radius 3 is 2.37 bits per heavy atom. The van der Waals surface area contributed by atoms with Crippen molar-refractivity contribution in [3.8, 4) is 0 Å². The van der Waals surface area contributed by atoms with Gasteiger partial charge in [-0.05, 0) is 48.4 Å². The quantitative estimate of drug-likeness (QED) is 0.835. The number of hydrogen-bond acceptors (Lipinski definition) is 3. The van der Waals surface area contributed by atoms with Gasteiger partial charge in [0.15, 0.2) is 0 Å². The van der Waals surface area contributed by atoms with E-state index in [4.69, 9.17) is 17.3 Å². The van der Waals surface area contributed by atoms with Crippen molar-refractivity contribution in [2.75, 3.05) is 0 Å². The summed E-state index contributed by atoms with van der Waals surface area (Å²) in [5, 5.41) is 0.985. The maximum atomic E-state index is 6.26. The molecule has 0 radical (unpaired) electrons. The Balaban J connectivity index is 2.21. The highest BCUT2D eigenvalue weighted by molar-refractivity contribution is 7.99. The molecule has 0 saturated carbocycles. The number of thioether (sulfide) groups is 1. The molecule has 100 valence electrons. The molecule has 0 saturated heterocycles. The molecule has 2 N–H and O–H groups in total. The van der Waals surface area contributed by atoms with Gasteiger partial charge in [-0.25, -0.2) is 0 Å². The minimum atomic E-state index is 0.114. The van der Waals surface area contributed by atoms with E-state index >= 15 is 0 Å². The summed E-state index contributed by atoms with van der Waals surface area (Å²) in [6.45, 7) is 2.11. The van der Waals surface area contributed by atoms with Gasteiger partial charge in [0, 0.05) is 33.6 Å². The van der Waals surface area contributed by atoms with Crippen molar-refractivity contribution in [3.05, 3.63) is 59.4 Å². The lowest BCUT2D eigenvalue weighted by Gasteiger charge is -2.22. The third kappa shape index (κ3) is 3.96. The van der Waals surface area contributed by atoms with E-state index in [0.717, 1.165) is 11.4 Å². The Labute approximate surface area is 123 Å². The van der Waals surface area contributed by atoms with Gasteiger partial charge in [0.05, 0.1) is 0 Å². The van der Waals surface area contributed by atoms with Gasteiger partial charge >= 0.3 is 0 Å². The summed E-state index contributed by atoms with van der Waals surface area (Å²) >= 11 is 7.68. The van der Waals surface area contributed by atoms with Crippen LogP contribution in [0.25, 0.3) is 0 Å². The Bertz CT molecular complexity index is 501. The van der Waals surface area contributed by atoms with Crippen molar-refractivity contribution >= 4 is 23.4 Å². The molecule has 1 aromatic carbocycles. The van der Waals surface area contributed by atoms with E-state index in [1.54, 1.807) is 11.8 Å². The molecule has 0 bridgehead atoms. The molecule has 0 amide bonds. The van der Waals surface area contributed by atoms with E-state index in [9.17, 15) is 0 Å². The molecule has 0 spiro atoms. The smallest absolute Gasteiger partial charge is 0.0496 e. The molecule has 1 heterocycles. The van der Waals surface area contributed by atoms with Crippen LogP contribution in [0.15, 0.2) is 53.7 Å². The summed E-state index contributed by atoms with van der Waals surface area (Å²) in [6, 6.07) is 12.1. The molecule has 4 heteroatoms. The lowest BCUT2D eigenvalue weighted by Crippen LogP contribution is -2.25. The maximum absolute atomic E-state index is 6.26. The Morgan fingerprint density at radius 1 is 1.16 bits per heavy atom. The standard InChI is InChI=1S/C15H17ClN2S/c1-2-14(17)15(11-7-9-18-10-8-11)19-13-5-3-12(16)4-6-13/h3-10,14-15H,2,17H2,1H3. The fraction of sp³-hybridized carbons (Fsp3) is 0.267. The first kappa shape index (κ1) is 14.4. The van der Waals surface area contributed by atoms with Crippen LogP contribution in [0, 0.1) is 0 Å². The average Bonchev–Trinajstić information content (AvgIpc) is 2.47. The van der Waals surface area contributed by atoms with E-state index in [1.807, 2.05) is 48.8 Å². The van der Waals surface area contributed by atoms with Gasteiger partial charge in [-0.2, -0.15) is 0 Å². The normalized spacial score (nSPS) is 14.1. The molecular formula is C15H17ClN2S. The topological polar surface area (TPSA) is 38.9 Å². The van der Waals surface area contributed by atoms with Crippen molar-refractivity contribution < 1.29 is 0 Å². The Kier molecular flexibility index (Phi) is 5.25. The third-order valence-corrected chi connectivity index (χ3v) is 4.64. The second kappa shape index (κ2) is 6.94. The van der Waals surface area contributed by atoms with Crippen LogP contribution in [-0.2, 0) is 0 Å². The van der Waals surface area contributed by atoms with Crippen molar-refractivity contribution in [1.29, 1.82) is 0 Å². The second-order valence-corrected chi connectivity index (χ2v) is 6.00. The molecule has 2 atom stereocenters. The van der Waals surface area contributed by atoms with E-state index in [1.165, 1.54) is 10.5 Å². The van der Waals surface area contributed by atoms with Crippen molar-refractivity contribution in [2.24, 2.45) is 5.73 Å². The zero-order valence-electron chi connectivity index (χ0n) is 10.8. The number of benzene rings is 1. The molecule has 0 aliphatic rings. The lowest BCUT2D eigenvalue weighted by molar-refractivity contribution is 0.634. The molecular weight excluding hydrogens is 276 g/mol. The Morgan fingerprint density at radius 2 is 1.79 bits per heavy atom. The van der Waals surface area contributed by atoms with Crippen LogP contribution < -0.4 is 5.73 Å². The van der Waals surface area contributed by atoms with Gasteiger partial charge in [0.1, 0.15) is 0 Å². The molecule has 2 aromatic rings. The zero-order valence-corrected chi connectivity index (χ0v) is 12.4. The number of rotatable bonds is 5. The summed E-state index contributed by atoms with van der Waals surface area (Å²) < 4.78 is 0. The van der Waals surface area contributed by atoms with Crippen LogP contribution in [-0.4, -0.2) is 11.0 Å². The highest BCUT2D eigenvalue weighted by Gasteiger charge is 2.19. The fourth-order valence-electron chi connectivity index (χ4n) is 1.83. The monoisotopic (exact) mass is 292 g/mol. The molecule has 0 aliphatic heterocycles. The van der Waals surface area contributed by atoms with Crippen LogP contribution in [0.5, 0.6) is 0 Å². The lowest BCUT2D eigenvalue weighted by atomic mass is 10.1. The number of nitrogens with zero attached hydrogens (tertiary/aromatic N) is 1. The van der Waals surface area contributed by atoms with Gasteiger partial charge in [0.25, 0.3) is 0 Å². The number of pyridine rings is 1. The highest BCUT2D eigenvalue weighted by Crippen LogP contribution is 2.38. The highest BCUT2D eigenvalue weighted by atomic mass is 35.5. The predicted molar refractivity (Wildman–Crippen MR) is 82.6 cm³/mol. The summed E-state index contributed by atoms with van der Waals surface area (Å²) in [7, 11) is 0. The van der Waals surface area contributed by atoms with Gasteiger partial charge in [-0.3, -0.25) is 4.98 Å². The zero-order chi connectivity index (χ0) is 13.7. The van der Waals surface area contributed by atoms with Crippen molar-refractivity contribution in [1.82, 2.24) is 4.98 Å². The SMILES string of the molecule is CCC(N)C(Sc1ccc(Cl)cc1)c1ccncc1. The summed E-state index contributed by atoms with van der Waals surface area (Å²) in [6.07, 6.45) is 4.56. The summed E-state index contributed by atoms with van der Waals surface area (Å²) in [5.41, 5.74) is 7.47. The minimum Gasteiger partial charge on any atom is -0.326 e. The van der Waals surface area contributed by atoms with Gasteiger partial charge in [0.2, 0.25) is 0 Å². The fourth-order valence-corrected chi connectivity index (χ4v) is 3.20. The van der Waals surface area contributed by atoms with Crippen LogP contribution in [0.3, 0.4) is 0 Å². The maximum Gasteiger partial charge on any atom is 0.0496 e. The van der Waals surface area contributed by atoms with Crippen molar-refractivity contribution in [2.45, 2.75) is 29.5 Å². The minimum absolute atomic E-state index is 0.114. The van der Waals surface area contributed by atoms with Crippen LogP contribution in [0.1, 0.15) is 24.2 Å². The number of hydrogen-bond donors (Lipinski definition) is 1. The first-order valence-corrected chi connectivity index (χ1v) is 7.54. The number of nitrogens with two attached hydrogens (primary N) is 1. The molecule has 1 aromatic heterocycles. The average molecular weight is 293 g/mol. The predicted octanol–water partition coefficient (Wildman–Crippen LogP) is 4.31. The molecule has 2 nitrogen and oxygen atoms in total. The van der Waals surface area contributed by atoms with Gasteiger partial charge < -0.3 is 5.73 Å². The molecule has 2 unspecified atom stereocenters. The molecule has 2 rings (SSSR count). The number of halogens is 1. The first-order chi connectivity index (χ1) is 9.20. The molecule has 19 heavy (non-hydrogen) atoms. The van der Waals surface area contributed by atoms with E-state index in [-0.39, 0.29) is 11.3 Å².